The molecule has 0 radical (unpaired) electrons. The maximum atomic E-state index is 13.3. The first-order valence-corrected chi connectivity index (χ1v) is 8.32. The first kappa shape index (κ1) is 17.4. The van der Waals surface area contributed by atoms with Crippen LogP contribution in [0.1, 0.15) is 17.0 Å². The molecule has 0 fully saturated rings. The minimum atomic E-state index is -0.609. The Balaban J connectivity index is 1.94. The second kappa shape index (κ2) is 6.63. The van der Waals surface area contributed by atoms with Crippen molar-refractivity contribution in [3.8, 4) is 34.7 Å². The smallest absolute Gasteiger partial charge is 0.244 e. The van der Waals surface area contributed by atoms with Gasteiger partial charge in [-0.15, -0.1) is 5.10 Å². The fourth-order valence-electron chi connectivity index (χ4n) is 3.29. The standard InChI is InChI=1S/C20H15FN4O3/c1-27-15-8-11(4-7-14(15)26)16-13(9-22)19(23)28-20-17(16)18(24-25-20)10-2-5-12(21)6-3-10/h2-8,16,26H,23H2,1H3,(H,24,25)/t16-/m0/s1. The van der Waals surface area contributed by atoms with Crippen molar-refractivity contribution in [2.24, 2.45) is 5.73 Å². The van der Waals surface area contributed by atoms with Gasteiger partial charge >= 0.3 is 0 Å². The molecule has 2 aromatic carbocycles. The summed E-state index contributed by atoms with van der Waals surface area (Å²) in [6.07, 6.45) is 0. The molecule has 2 heterocycles. The second-order valence-corrected chi connectivity index (χ2v) is 6.18. The van der Waals surface area contributed by atoms with E-state index in [1.807, 2.05) is 0 Å². The fourth-order valence-corrected chi connectivity index (χ4v) is 3.29. The molecule has 28 heavy (non-hydrogen) atoms. The Kier molecular flexibility index (Phi) is 4.12. The number of ether oxygens (including phenoxy) is 2. The van der Waals surface area contributed by atoms with Crippen LogP contribution < -0.4 is 15.2 Å². The maximum Gasteiger partial charge on any atom is 0.244 e. The number of nitriles is 1. The zero-order valence-electron chi connectivity index (χ0n) is 14.7. The van der Waals surface area contributed by atoms with Crippen molar-refractivity contribution in [2.45, 2.75) is 5.92 Å². The number of aromatic amines is 1. The van der Waals surface area contributed by atoms with Gasteiger partial charge in [-0.3, -0.25) is 5.10 Å². The van der Waals surface area contributed by atoms with Gasteiger partial charge in [0.25, 0.3) is 0 Å². The van der Waals surface area contributed by atoms with Gasteiger partial charge in [-0.05, 0) is 42.0 Å². The second-order valence-electron chi connectivity index (χ2n) is 6.18. The van der Waals surface area contributed by atoms with E-state index in [0.29, 0.717) is 22.4 Å². The molecule has 0 spiro atoms. The lowest BCUT2D eigenvalue weighted by Gasteiger charge is -2.24. The number of H-pyrrole nitrogens is 1. The van der Waals surface area contributed by atoms with Crippen LogP contribution in [0.3, 0.4) is 0 Å². The Morgan fingerprint density at radius 1 is 1.29 bits per heavy atom. The number of benzene rings is 2. The van der Waals surface area contributed by atoms with Crippen LogP contribution in [0.25, 0.3) is 11.3 Å². The van der Waals surface area contributed by atoms with Crippen LogP contribution >= 0.6 is 0 Å². The van der Waals surface area contributed by atoms with E-state index in [-0.39, 0.29) is 34.7 Å². The molecule has 4 N–H and O–H groups in total. The lowest BCUT2D eigenvalue weighted by molar-refractivity contribution is 0.371. The summed E-state index contributed by atoms with van der Waals surface area (Å²) in [5.74, 6) is -0.567. The Labute approximate surface area is 159 Å². The number of aromatic hydroxyl groups is 1. The van der Waals surface area contributed by atoms with E-state index < -0.39 is 5.92 Å². The summed E-state index contributed by atoms with van der Waals surface area (Å²) in [7, 11) is 1.44. The molecular weight excluding hydrogens is 363 g/mol. The first-order valence-electron chi connectivity index (χ1n) is 8.32. The number of hydrogen-bond acceptors (Lipinski definition) is 6. The Bertz CT molecular complexity index is 1130. The number of nitrogens with zero attached hydrogens (tertiary/aromatic N) is 2. The normalized spacial score (nSPS) is 15.5. The van der Waals surface area contributed by atoms with Crippen LogP contribution in [0.15, 0.2) is 53.9 Å². The molecule has 0 aliphatic carbocycles. The number of halogens is 1. The van der Waals surface area contributed by atoms with E-state index in [1.165, 1.54) is 25.3 Å². The molecule has 7 nitrogen and oxygen atoms in total. The monoisotopic (exact) mass is 378 g/mol. The number of methoxy groups -OCH3 is 1. The SMILES string of the molecule is COc1cc([C@H]2C(C#N)=C(N)Oc3n[nH]c(-c4ccc(F)cc4)c32)ccc1O. The molecule has 1 aromatic heterocycles. The van der Waals surface area contributed by atoms with Gasteiger partial charge in [-0.25, -0.2) is 4.39 Å². The molecule has 1 aliphatic rings. The third kappa shape index (κ3) is 2.70. The fraction of sp³-hybridized carbons (Fsp3) is 0.100. The van der Waals surface area contributed by atoms with E-state index in [1.54, 1.807) is 24.3 Å². The average molecular weight is 378 g/mol. The highest BCUT2D eigenvalue weighted by Crippen LogP contribution is 2.46. The zero-order chi connectivity index (χ0) is 19.8. The number of fused-ring (bicyclic) bond motifs is 1. The van der Waals surface area contributed by atoms with Crippen molar-refractivity contribution in [3.05, 3.63) is 70.9 Å². The minimum Gasteiger partial charge on any atom is -0.504 e. The van der Waals surface area contributed by atoms with Crippen LogP contribution in [0.5, 0.6) is 17.4 Å². The first-order chi connectivity index (χ1) is 13.5. The summed E-state index contributed by atoms with van der Waals surface area (Å²) in [6.45, 7) is 0. The van der Waals surface area contributed by atoms with Gasteiger partial charge in [0.05, 0.1) is 24.3 Å². The number of allylic oxidation sites excluding steroid dienone is 1. The number of phenols is 1. The lowest BCUT2D eigenvalue weighted by atomic mass is 9.83. The molecule has 1 aliphatic heterocycles. The Morgan fingerprint density at radius 3 is 2.71 bits per heavy atom. The van der Waals surface area contributed by atoms with Crippen LogP contribution in [0.4, 0.5) is 4.39 Å². The highest BCUT2D eigenvalue weighted by atomic mass is 19.1. The van der Waals surface area contributed by atoms with Crippen LogP contribution in [0, 0.1) is 17.1 Å². The zero-order valence-corrected chi connectivity index (χ0v) is 14.7. The largest absolute Gasteiger partial charge is 0.504 e. The molecule has 0 unspecified atom stereocenters. The van der Waals surface area contributed by atoms with Crippen LogP contribution in [-0.2, 0) is 0 Å². The van der Waals surface area contributed by atoms with E-state index in [4.69, 9.17) is 15.2 Å². The van der Waals surface area contributed by atoms with Crippen molar-refractivity contribution in [1.29, 1.82) is 5.26 Å². The quantitative estimate of drug-likeness (QED) is 0.644. The maximum absolute atomic E-state index is 13.3. The third-order valence-corrected chi connectivity index (χ3v) is 4.61. The highest BCUT2D eigenvalue weighted by molar-refractivity contribution is 5.71. The van der Waals surface area contributed by atoms with Crippen LogP contribution in [-0.4, -0.2) is 22.4 Å². The van der Waals surface area contributed by atoms with Crippen molar-refractivity contribution in [1.82, 2.24) is 10.2 Å². The summed E-state index contributed by atoms with van der Waals surface area (Å²) in [6, 6.07) is 12.7. The van der Waals surface area contributed by atoms with Crippen molar-refractivity contribution < 1.29 is 19.0 Å². The van der Waals surface area contributed by atoms with E-state index in [2.05, 4.69) is 16.3 Å². The van der Waals surface area contributed by atoms with Gasteiger partial charge in [0.1, 0.15) is 17.5 Å². The molecule has 1 atom stereocenters. The topological polar surface area (TPSA) is 117 Å². The molecule has 0 saturated carbocycles. The number of rotatable bonds is 3. The molecule has 4 rings (SSSR count). The summed E-state index contributed by atoms with van der Waals surface area (Å²) in [5, 5.41) is 26.7. The van der Waals surface area contributed by atoms with Crippen LogP contribution in [0.2, 0.25) is 0 Å². The summed E-state index contributed by atoms with van der Waals surface area (Å²) >= 11 is 0. The van der Waals surface area contributed by atoms with Gasteiger partial charge in [-0.1, -0.05) is 6.07 Å². The third-order valence-electron chi connectivity index (χ3n) is 4.61. The van der Waals surface area contributed by atoms with Gasteiger partial charge in [0, 0.05) is 5.56 Å². The highest BCUT2D eigenvalue weighted by Gasteiger charge is 2.36. The number of phenolic OH excluding ortho intramolecular Hbond substituents is 1. The predicted octanol–water partition coefficient (Wildman–Crippen LogP) is 3.15. The molecule has 8 heteroatoms. The average Bonchev–Trinajstić information content (AvgIpc) is 3.11. The molecule has 0 bridgehead atoms. The lowest BCUT2D eigenvalue weighted by Crippen LogP contribution is -2.21. The summed E-state index contributed by atoms with van der Waals surface area (Å²) in [5.41, 5.74) is 8.64. The summed E-state index contributed by atoms with van der Waals surface area (Å²) in [4.78, 5) is 0. The van der Waals surface area contributed by atoms with E-state index >= 15 is 0 Å². The van der Waals surface area contributed by atoms with Gasteiger partial charge < -0.3 is 20.3 Å². The summed E-state index contributed by atoms with van der Waals surface area (Å²) < 4.78 is 24.1. The number of nitrogens with one attached hydrogen (secondary N) is 1. The van der Waals surface area contributed by atoms with Crippen molar-refractivity contribution in [3.63, 3.8) is 0 Å². The molecule has 3 aromatic rings. The van der Waals surface area contributed by atoms with Gasteiger partial charge in [0.15, 0.2) is 11.5 Å². The number of hydrogen-bond donors (Lipinski definition) is 3. The van der Waals surface area contributed by atoms with Gasteiger partial charge in [0.2, 0.25) is 11.8 Å². The molecule has 0 amide bonds. The number of aromatic nitrogens is 2. The predicted molar refractivity (Wildman–Crippen MR) is 97.9 cm³/mol. The van der Waals surface area contributed by atoms with Crippen molar-refractivity contribution in [2.75, 3.05) is 7.11 Å². The molecule has 140 valence electrons. The molecule has 0 saturated heterocycles. The number of nitrogens with two attached hydrogens (primary N) is 1. The van der Waals surface area contributed by atoms with E-state index in [0.717, 1.165) is 0 Å². The van der Waals surface area contributed by atoms with Gasteiger partial charge in [-0.2, -0.15) is 5.26 Å². The molecular formula is C20H15FN4O3. The van der Waals surface area contributed by atoms with E-state index in [9.17, 15) is 14.8 Å². The Morgan fingerprint density at radius 2 is 2.04 bits per heavy atom. The Hall–Kier alpha value is -3.99. The van der Waals surface area contributed by atoms with Crippen molar-refractivity contribution >= 4 is 0 Å². The minimum absolute atomic E-state index is 0.0278.